The van der Waals surface area contributed by atoms with Gasteiger partial charge in [0.25, 0.3) is 0 Å². The Balaban J connectivity index is -0.0000000536. The highest BCUT2D eigenvalue weighted by molar-refractivity contribution is 4.51. The van der Waals surface area contributed by atoms with Gasteiger partial charge in [0, 0.05) is 0 Å². The summed E-state index contributed by atoms with van der Waals surface area (Å²) in [5, 5.41) is 0. The molecule has 0 unspecified atom stereocenters. The molecule has 0 amide bonds. The lowest BCUT2D eigenvalue weighted by Gasteiger charge is -1.86. The average Bonchev–Trinajstić information content (AvgIpc) is 2.20. The summed E-state index contributed by atoms with van der Waals surface area (Å²) >= 11 is 0. The number of allylic oxidation sites excluding steroid dienone is 1. The summed E-state index contributed by atoms with van der Waals surface area (Å²) in [7, 11) is 0. The number of hydrogen-bond acceptors (Lipinski definition) is 0. The molecule has 0 spiro atoms. The van der Waals surface area contributed by atoms with Crippen LogP contribution in [0.3, 0.4) is 0 Å². The lowest BCUT2D eigenvalue weighted by molar-refractivity contribution is 0.702. The molecule has 0 saturated heterocycles. The molecule has 90 valence electrons. The quantitative estimate of drug-likeness (QED) is 0.376. The van der Waals surface area contributed by atoms with Crippen LogP contribution in [0.15, 0.2) is 12.7 Å². The first-order valence-electron chi connectivity index (χ1n) is 6.31. The molecule has 0 aromatic rings. The number of hydrogen-bond donors (Lipinski definition) is 0. The topological polar surface area (TPSA) is 0 Å². The van der Waals surface area contributed by atoms with E-state index in [0.717, 1.165) is 0 Å². The van der Waals surface area contributed by atoms with Gasteiger partial charge in [-0.25, -0.2) is 0 Å². The van der Waals surface area contributed by atoms with E-state index in [0.29, 0.717) is 0 Å². The van der Waals surface area contributed by atoms with E-state index < -0.39 is 0 Å². The largest absolute Gasteiger partial charge is 0.103 e. The normalized spacial score (nSPS) is 6.50. The molecule has 0 aliphatic rings. The van der Waals surface area contributed by atoms with Crippen molar-refractivity contribution >= 4 is 0 Å². The molecule has 0 bridgehead atoms. The Kier molecular flexibility index (Phi) is 89.5. The third kappa shape index (κ3) is 180. The van der Waals surface area contributed by atoms with Crippen LogP contribution >= 0.6 is 0 Å². The van der Waals surface area contributed by atoms with Gasteiger partial charge in [-0.3, -0.25) is 0 Å². The molecule has 0 aromatic carbocycles. The summed E-state index contributed by atoms with van der Waals surface area (Å²) in [5.74, 6) is 0. The molecule has 0 heterocycles. The number of unbranched alkanes of at least 4 members (excludes halogenated alkanes) is 3. The van der Waals surface area contributed by atoms with E-state index in [2.05, 4.69) is 34.3 Å². The van der Waals surface area contributed by atoms with Crippen LogP contribution in [-0.2, 0) is 0 Å². The summed E-state index contributed by atoms with van der Waals surface area (Å²) in [6.45, 7) is 18.0. The van der Waals surface area contributed by atoms with Crippen molar-refractivity contribution in [3.8, 4) is 0 Å². The monoisotopic (exact) mass is 202 g/mol. The molecule has 14 heavy (non-hydrogen) atoms. The fourth-order valence-corrected chi connectivity index (χ4v) is 0.500. The smallest absolute Gasteiger partial charge is 0.0473 e. The van der Waals surface area contributed by atoms with Gasteiger partial charge in [0.15, 0.2) is 0 Å². The van der Waals surface area contributed by atoms with Gasteiger partial charge in [0.05, 0.1) is 0 Å². The van der Waals surface area contributed by atoms with Crippen molar-refractivity contribution in [2.45, 2.75) is 80.6 Å². The summed E-state index contributed by atoms with van der Waals surface area (Å²) < 4.78 is 0. The third-order valence-electron chi connectivity index (χ3n) is 0.957. The predicted molar refractivity (Wildman–Crippen MR) is 73.0 cm³/mol. The zero-order valence-electron chi connectivity index (χ0n) is 11.8. The van der Waals surface area contributed by atoms with Crippen molar-refractivity contribution in [1.29, 1.82) is 0 Å². The van der Waals surface area contributed by atoms with Crippen LogP contribution in [0.4, 0.5) is 0 Å². The van der Waals surface area contributed by atoms with Crippen LogP contribution in [0.1, 0.15) is 80.6 Å². The van der Waals surface area contributed by atoms with Gasteiger partial charge >= 0.3 is 0 Å². The molecule has 0 N–H and O–H groups in total. The van der Waals surface area contributed by atoms with Crippen LogP contribution in [0, 0.1) is 0 Å². The van der Waals surface area contributed by atoms with Crippen LogP contribution in [0.5, 0.6) is 0 Å². The highest BCUT2D eigenvalue weighted by atomic mass is 13.8. The molecule has 0 aliphatic carbocycles. The van der Waals surface area contributed by atoms with E-state index in [-0.39, 0.29) is 0 Å². The SMILES string of the molecule is C=CC.CC.CCC.CCCCCC. The minimum absolute atomic E-state index is 1.25. The Labute approximate surface area is 93.8 Å². The molecule has 0 nitrogen and oxygen atoms in total. The standard InChI is InChI=1S/C6H14.C3H8.C3H6.C2H6/c1-3-5-6-4-2;2*1-3-2;1-2/h3-6H2,1-2H3;3H2,1-2H3;3H,1H2,2H3;1-2H3. The molecule has 0 aromatic heterocycles. The van der Waals surface area contributed by atoms with E-state index in [4.69, 9.17) is 0 Å². The lowest BCUT2D eigenvalue weighted by atomic mass is 10.2. The Bertz CT molecular complexity index is 42.0. The molecule has 0 rings (SSSR count). The van der Waals surface area contributed by atoms with Crippen LogP contribution in [0.2, 0.25) is 0 Å². The first-order valence-corrected chi connectivity index (χ1v) is 6.31. The molecule has 0 saturated carbocycles. The van der Waals surface area contributed by atoms with Crippen molar-refractivity contribution in [1.82, 2.24) is 0 Å². The van der Waals surface area contributed by atoms with Crippen molar-refractivity contribution in [3.63, 3.8) is 0 Å². The molecule has 0 heteroatoms. The van der Waals surface area contributed by atoms with Gasteiger partial charge < -0.3 is 0 Å². The highest BCUT2D eigenvalue weighted by Gasteiger charge is 1.75. The van der Waals surface area contributed by atoms with E-state index in [1.165, 1.54) is 32.1 Å². The summed E-state index contributed by atoms with van der Waals surface area (Å²) in [5.41, 5.74) is 0. The van der Waals surface area contributed by atoms with E-state index in [1.54, 1.807) is 6.08 Å². The van der Waals surface area contributed by atoms with Gasteiger partial charge in [0.2, 0.25) is 0 Å². The van der Waals surface area contributed by atoms with E-state index >= 15 is 0 Å². The van der Waals surface area contributed by atoms with Crippen molar-refractivity contribution in [2.75, 3.05) is 0 Å². The number of rotatable bonds is 3. The minimum atomic E-state index is 1.25. The van der Waals surface area contributed by atoms with Gasteiger partial charge in [-0.2, -0.15) is 0 Å². The maximum Gasteiger partial charge on any atom is -0.0473 e. The molecule has 0 atom stereocenters. The second-order valence-corrected chi connectivity index (χ2v) is 2.82. The Hall–Kier alpha value is -0.260. The fourth-order valence-electron chi connectivity index (χ4n) is 0.500. The van der Waals surface area contributed by atoms with Crippen molar-refractivity contribution in [2.24, 2.45) is 0 Å². The second kappa shape index (κ2) is 53.3. The maximum absolute atomic E-state index is 3.36. The van der Waals surface area contributed by atoms with Crippen LogP contribution in [0.25, 0.3) is 0 Å². The fraction of sp³-hybridized carbons (Fsp3) is 0.857. The van der Waals surface area contributed by atoms with Gasteiger partial charge in [0.1, 0.15) is 0 Å². The second-order valence-electron chi connectivity index (χ2n) is 2.82. The Morgan fingerprint density at radius 2 is 1.00 bits per heavy atom. The maximum atomic E-state index is 3.36. The Morgan fingerprint density at radius 3 is 1.07 bits per heavy atom. The molecule has 0 radical (unpaired) electrons. The molecular formula is C14H34. The highest BCUT2D eigenvalue weighted by Crippen LogP contribution is 1.95. The molecule has 0 aliphatic heterocycles. The average molecular weight is 202 g/mol. The third-order valence-corrected chi connectivity index (χ3v) is 0.957. The van der Waals surface area contributed by atoms with Crippen molar-refractivity contribution < 1.29 is 0 Å². The zero-order valence-corrected chi connectivity index (χ0v) is 11.8. The van der Waals surface area contributed by atoms with Crippen LogP contribution in [-0.4, -0.2) is 0 Å². The summed E-state index contributed by atoms with van der Waals surface area (Å²) in [6, 6.07) is 0. The zero-order chi connectivity index (χ0) is 12.2. The predicted octanol–water partition coefficient (Wildman–Crippen LogP) is 6.22. The lowest BCUT2D eigenvalue weighted by Crippen LogP contribution is -1.66. The Morgan fingerprint density at radius 1 is 0.857 bits per heavy atom. The van der Waals surface area contributed by atoms with E-state index in [9.17, 15) is 0 Å². The van der Waals surface area contributed by atoms with Gasteiger partial charge in [-0.1, -0.05) is 79.7 Å². The van der Waals surface area contributed by atoms with Crippen LogP contribution < -0.4 is 0 Å². The first kappa shape index (κ1) is 23.5. The summed E-state index contributed by atoms with van der Waals surface area (Å²) in [4.78, 5) is 0. The first-order chi connectivity index (χ1) is 6.74. The van der Waals surface area contributed by atoms with Gasteiger partial charge in [-0.15, -0.1) is 6.58 Å². The molecule has 0 fully saturated rings. The van der Waals surface area contributed by atoms with Crippen molar-refractivity contribution in [3.05, 3.63) is 12.7 Å². The van der Waals surface area contributed by atoms with Gasteiger partial charge in [-0.05, 0) is 6.92 Å². The van der Waals surface area contributed by atoms with E-state index in [1.807, 2.05) is 20.8 Å². The minimum Gasteiger partial charge on any atom is -0.103 e. The molecular weight excluding hydrogens is 168 g/mol. The summed E-state index contributed by atoms with van der Waals surface area (Å²) in [6.07, 6.45) is 8.54.